The van der Waals surface area contributed by atoms with Crippen LogP contribution in [-0.2, 0) is 0 Å². The maximum Gasteiger partial charge on any atom is 0.251 e. The number of rotatable bonds is 4. The Kier molecular flexibility index (Phi) is 4.93. The van der Waals surface area contributed by atoms with Crippen molar-refractivity contribution in [3.05, 3.63) is 65.0 Å². The van der Waals surface area contributed by atoms with E-state index in [2.05, 4.69) is 5.32 Å². The van der Waals surface area contributed by atoms with Gasteiger partial charge in [-0.15, -0.1) is 0 Å². The van der Waals surface area contributed by atoms with Crippen molar-refractivity contribution in [3.8, 4) is 11.8 Å². The van der Waals surface area contributed by atoms with Crippen LogP contribution in [0.5, 0.6) is 5.75 Å². The van der Waals surface area contributed by atoms with E-state index < -0.39 is 5.82 Å². The van der Waals surface area contributed by atoms with Crippen molar-refractivity contribution in [2.75, 3.05) is 0 Å². The number of carbonyl (C=O) groups is 1. The van der Waals surface area contributed by atoms with Gasteiger partial charge in [0.15, 0.2) is 0 Å². The third kappa shape index (κ3) is 3.35. The van der Waals surface area contributed by atoms with Gasteiger partial charge >= 0.3 is 0 Å². The minimum atomic E-state index is -0.598. The summed E-state index contributed by atoms with van der Waals surface area (Å²) in [5.74, 6) is -0.334. The Hall–Kier alpha value is -2.87. The molecule has 0 spiro atoms. The van der Waals surface area contributed by atoms with Crippen LogP contribution < -0.4 is 10.1 Å². The fourth-order valence-corrected chi connectivity index (χ4v) is 4.52. The Labute approximate surface area is 165 Å². The molecule has 0 unspecified atom stereocenters. The monoisotopic (exact) mass is 380 g/mol. The Morgan fingerprint density at radius 1 is 1.11 bits per heavy atom. The lowest BCUT2D eigenvalue weighted by atomic mass is 9.49. The van der Waals surface area contributed by atoms with E-state index in [1.165, 1.54) is 12.1 Å². The highest BCUT2D eigenvalue weighted by atomic mass is 19.1. The van der Waals surface area contributed by atoms with Crippen molar-refractivity contribution in [3.63, 3.8) is 0 Å². The second-order valence-corrected chi connectivity index (χ2v) is 8.67. The summed E-state index contributed by atoms with van der Waals surface area (Å²) in [5, 5.41) is 12.0. The summed E-state index contributed by atoms with van der Waals surface area (Å²) < 4.78 is 20.0. The van der Waals surface area contributed by atoms with Crippen LogP contribution in [0.2, 0.25) is 0 Å². The van der Waals surface area contributed by atoms with Crippen LogP contribution in [0.25, 0.3) is 0 Å². The van der Waals surface area contributed by atoms with Crippen molar-refractivity contribution in [2.45, 2.75) is 46.8 Å². The highest BCUT2D eigenvalue weighted by molar-refractivity contribution is 5.94. The Morgan fingerprint density at radius 2 is 1.71 bits per heavy atom. The van der Waals surface area contributed by atoms with Gasteiger partial charge in [-0.3, -0.25) is 4.79 Å². The van der Waals surface area contributed by atoms with Gasteiger partial charge in [0.1, 0.15) is 23.7 Å². The van der Waals surface area contributed by atoms with Gasteiger partial charge in [-0.2, -0.15) is 5.26 Å². The standard InChI is InChI=1S/C23H25FN2O2/c1-14-6-8-15(9-7-14)19(27)26-20-22(2,3)21(23(20,4)5)28-17-11-10-16(13-25)18(24)12-17/h6-12,20-21H,1-5H3,(H,26,27)/t20-,21-. The number of carbonyl (C=O) groups excluding carboxylic acids is 1. The molecule has 5 heteroatoms. The molecule has 0 heterocycles. The van der Waals surface area contributed by atoms with Gasteiger partial charge in [0.2, 0.25) is 0 Å². The maximum atomic E-state index is 13.9. The van der Waals surface area contributed by atoms with Gasteiger partial charge in [0.25, 0.3) is 5.91 Å². The minimum absolute atomic E-state index is 0.0114. The highest BCUT2D eigenvalue weighted by Crippen LogP contribution is 2.55. The molecule has 0 aliphatic heterocycles. The molecule has 2 aromatic carbocycles. The minimum Gasteiger partial charge on any atom is -0.489 e. The topological polar surface area (TPSA) is 62.1 Å². The second-order valence-electron chi connectivity index (χ2n) is 8.67. The number of ether oxygens (including phenoxy) is 1. The Morgan fingerprint density at radius 3 is 2.25 bits per heavy atom. The van der Waals surface area contributed by atoms with E-state index in [1.807, 2.05) is 58.9 Å². The zero-order valence-corrected chi connectivity index (χ0v) is 16.8. The SMILES string of the molecule is Cc1ccc(C(=O)N[C@H]2C(C)(C)[C@H](Oc3ccc(C#N)c(F)c3)C2(C)C)cc1. The summed E-state index contributed by atoms with van der Waals surface area (Å²) in [6.45, 7) is 10.1. The molecule has 0 atom stereocenters. The summed E-state index contributed by atoms with van der Waals surface area (Å²) in [5.41, 5.74) is 1.00. The summed E-state index contributed by atoms with van der Waals surface area (Å²) in [6, 6.07) is 13.4. The van der Waals surface area contributed by atoms with Crippen LogP contribution in [0.1, 0.15) is 49.2 Å². The van der Waals surface area contributed by atoms with Crippen molar-refractivity contribution in [1.29, 1.82) is 5.26 Å². The Balaban J connectivity index is 1.76. The molecule has 0 radical (unpaired) electrons. The van der Waals surface area contributed by atoms with Crippen LogP contribution in [0, 0.1) is 34.9 Å². The van der Waals surface area contributed by atoms with Gasteiger partial charge in [-0.1, -0.05) is 45.4 Å². The lowest BCUT2D eigenvalue weighted by molar-refractivity contribution is -0.164. The van der Waals surface area contributed by atoms with Gasteiger partial charge in [-0.25, -0.2) is 4.39 Å². The first-order valence-electron chi connectivity index (χ1n) is 9.31. The third-order valence-electron chi connectivity index (χ3n) is 5.74. The predicted molar refractivity (Wildman–Crippen MR) is 106 cm³/mol. The van der Waals surface area contributed by atoms with Crippen molar-refractivity contribution in [2.24, 2.45) is 10.8 Å². The molecule has 1 aliphatic rings. The molecule has 1 amide bonds. The molecule has 1 fully saturated rings. The largest absolute Gasteiger partial charge is 0.489 e. The van der Waals surface area contributed by atoms with Crippen molar-refractivity contribution < 1.29 is 13.9 Å². The predicted octanol–water partition coefficient (Wildman–Crippen LogP) is 4.62. The van der Waals surface area contributed by atoms with Crippen LogP contribution in [-0.4, -0.2) is 18.1 Å². The van der Waals surface area contributed by atoms with Crippen LogP contribution in [0.4, 0.5) is 4.39 Å². The van der Waals surface area contributed by atoms with E-state index in [-0.39, 0.29) is 34.4 Å². The van der Waals surface area contributed by atoms with Crippen molar-refractivity contribution >= 4 is 5.91 Å². The first-order chi connectivity index (χ1) is 13.1. The lowest BCUT2D eigenvalue weighted by Gasteiger charge is -2.63. The van der Waals surface area contributed by atoms with E-state index in [1.54, 1.807) is 12.1 Å². The van der Waals surface area contributed by atoms with E-state index in [9.17, 15) is 9.18 Å². The molecule has 146 valence electrons. The molecule has 1 N–H and O–H groups in total. The lowest BCUT2D eigenvalue weighted by Crippen LogP contribution is -2.74. The number of nitriles is 1. The van der Waals surface area contributed by atoms with Gasteiger partial charge < -0.3 is 10.1 Å². The fraction of sp³-hybridized carbons (Fsp3) is 0.391. The normalized spacial score (nSPS) is 21.9. The van der Waals surface area contributed by atoms with E-state index in [0.29, 0.717) is 11.3 Å². The summed E-state index contributed by atoms with van der Waals surface area (Å²) >= 11 is 0. The summed E-state index contributed by atoms with van der Waals surface area (Å²) in [6.07, 6.45) is -0.226. The summed E-state index contributed by atoms with van der Waals surface area (Å²) in [4.78, 5) is 12.7. The fourth-order valence-electron chi connectivity index (χ4n) is 4.52. The second kappa shape index (κ2) is 6.94. The van der Waals surface area contributed by atoms with Crippen molar-refractivity contribution in [1.82, 2.24) is 5.32 Å². The van der Waals surface area contributed by atoms with Gasteiger partial charge in [-0.05, 0) is 31.2 Å². The third-order valence-corrected chi connectivity index (χ3v) is 5.74. The molecule has 2 aromatic rings. The number of nitrogens with zero attached hydrogens (tertiary/aromatic N) is 1. The number of hydrogen-bond acceptors (Lipinski definition) is 3. The molecule has 3 rings (SSSR count). The van der Waals surface area contributed by atoms with Gasteiger partial charge in [0.05, 0.1) is 5.56 Å². The first kappa shape index (κ1) is 19.9. The average molecular weight is 380 g/mol. The summed E-state index contributed by atoms with van der Waals surface area (Å²) in [7, 11) is 0. The van der Waals surface area contributed by atoms with Crippen LogP contribution in [0.3, 0.4) is 0 Å². The number of aryl methyl sites for hydroxylation is 1. The molecular formula is C23H25FN2O2. The molecule has 0 bridgehead atoms. The number of amides is 1. The van der Waals surface area contributed by atoms with Crippen LogP contribution in [0.15, 0.2) is 42.5 Å². The van der Waals surface area contributed by atoms with E-state index in [4.69, 9.17) is 10.00 Å². The molecule has 0 aromatic heterocycles. The smallest absolute Gasteiger partial charge is 0.251 e. The Bertz CT molecular complexity index is 926. The number of nitrogens with one attached hydrogen (secondary N) is 1. The van der Waals surface area contributed by atoms with E-state index in [0.717, 1.165) is 5.56 Å². The number of hydrogen-bond donors (Lipinski definition) is 1. The molecular weight excluding hydrogens is 355 g/mol. The molecule has 28 heavy (non-hydrogen) atoms. The molecule has 1 saturated carbocycles. The number of halogens is 1. The molecule has 0 saturated heterocycles. The zero-order valence-electron chi connectivity index (χ0n) is 16.8. The average Bonchev–Trinajstić information content (AvgIpc) is 2.64. The van der Waals surface area contributed by atoms with E-state index >= 15 is 0 Å². The first-order valence-corrected chi connectivity index (χ1v) is 9.31. The molecule has 1 aliphatic carbocycles. The molecule has 4 nitrogen and oxygen atoms in total. The van der Waals surface area contributed by atoms with Crippen LogP contribution >= 0.6 is 0 Å². The zero-order chi connectivity index (χ0) is 20.7. The quantitative estimate of drug-likeness (QED) is 0.842. The highest BCUT2D eigenvalue weighted by Gasteiger charge is 2.64. The maximum absolute atomic E-state index is 13.9. The van der Waals surface area contributed by atoms with Gasteiger partial charge in [0, 0.05) is 28.5 Å². The number of benzene rings is 2.